The van der Waals surface area contributed by atoms with Crippen LogP contribution in [-0.2, 0) is 5.75 Å². The van der Waals surface area contributed by atoms with Gasteiger partial charge in [0.2, 0.25) is 0 Å². The monoisotopic (exact) mass is 358 g/mol. The normalized spacial score (nSPS) is 14.5. The molecule has 1 saturated carbocycles. The molecule has 124 valence electrons. The lowest BCUT2D eigenvalue weighted by molar-refractivity contribution is 0.0954. The first kappa shape index (κ1) is 17.1. The van der Waals surface area contributed by atoms with Crippen molar-refractivity contribution in [3.63, 3.8) is 0 Å². The van der Waals surface area contributed by atoms with Gasteiger partial charge in [0.15, 0.2) is 0 Å². The van der Waals surface area contributed by atoms with Crippen LogP contribution in [0.15, 0.2) is 58.5 Å². The SMILES string of the molecule is C/C(=N/NC(=O)c1ccc(CSc2ccc(Cl)cc2)cc1)C1CC1. The highest BCUT2D eigenvalue weighted by Crippen LogP contribution is 2.30. The van der Waals surface area contributed by atoms with E-state index in [-0.39, 0.29) is 5.91 Å². The highest BCUT2D eigenvalue weighted by Gasteiger charge is 2.24. The third kappa shape index (κ3) is 4.86. The second-order valence-corrected chi connectivity index (χ2v) is 7.39. The lowest BCUT2D eigenvalue weighted by Gasteiger charge is -2.05. The first-order valence-electron chi connectivity index (χ1n) is 7.93. The Morgan fingerprint density at radius 2 is 1.83 bits per heavy atom. The summed E-state index contributed by atoms with van der Waals surface area (Å²) in [5.74, 6) is 1.26. The van der Waals surface area contributed by atoms with Gasteiger partial charge >= 0.3 is 0 Å². The number of hydrogen-bond donors (Lipinski definition) is 1. The molecule has 3 nitrogen and oxygen atoms in total. The number of hydrazone groups is 1. The van der Waals surface area contributed by atoms with E-state index in [0.29, 0.717) is 11.5 Å². The van der Waals surface area contributed by atoms with Crippen molar-refractivity contribution in [1.29, 1.82) is 0 Å². The van der Waals surface area contributed by atoms with Gasteiger partial charge < -0.3 is 0 Å². The molecule has 2 aromatic carbocycles. The molecule has 1 N–H and O–H groups in total. The van der Waals surface area contributed by atoms with Gasteiger partial charge in [-0.3, -0.25) is 4.79 Å². The Balaban J connectivity index is 1.53. The van der Waals surface area contributed by atoms with Gasteiger partial charge in [0.05, 0.1) is 0 Å². The van der Waals surface area contributed by atoms with E-state index in [1.165, 1.54) is 23.3 Å². The Labute approximate surface area is 151 Å². The third-order valence-corrected chi connectivity index (χ3v) is 5.27. The molecule has 0 bridgehead atoms. The summed E-state index contributed by atoms with van der Waals surface area (Å²) < 4.78 is 0. The topological polar surface area (TPSA) is 41.5 Å². The summed E-state index contributed by atoms with van der Waals surface area (Å²) in [5, 5.41) is 4.91. The predicted octanol–water partition coefficient (Wildman–Crippen LogP) is 5.15. The van der Waals surface area contributed by atoms with E-state index in [2.05, 4.69) is 10.5 Å². The summed E-state index contributed by atoms with van der Waals surface area (Å²) in [5.41, 5.74) is 5.45. The van der Waals surface area contributed by atoms with Gasteiger partial charge in [-0.05, 0) is 67.6 Å². The molecule has 0 unspecified atom stereocenters. The van der Waals surface area contributed by atoms with Gasteiger partial charge in [0.25, 0.3) is 5.91 Å². The largest absolute Gasteiger partial charge is 0.271 e. The van der Waals surface area contributed by atoms with Crippen LogP contribution in [0.3, 0.4) is 0 Å². The zero-order chi connectivity index (χ0) is 16.9. The molecule has 0 aromatic heterocycles. The number of benzene rings is 2. The summed E-state index contributed by atoms with van der Waals surface area (Å²) in [7, 11) is 0. The smallest absolute Gasteiger partial charge is 0.267 e. The van der Waals surface area contributed by atoms with Gasteiger partial charge in [-0.15, -0.1) is 11.8 Å². The first-order valence-corrected chi connectivity index (χ1v) is 9.30. The number of carbonyl (C=O) groups excluding carboxylic acids is 1. The Bertz CT molecular complexity index is 737. The molecule has 0 heterocycles. The molecule has 1 amide bonds. The highest BCUT2D eigenvalue weighted by atomic mass is 35.5. The van der Waals surface area contributed by atoms with Crippen molar-refractivity contribution in [1.82, 2.24) is 5.43 Å². The van der Waals surface area contributed by atoms with Crippen LogP contribution >= 0.6 is 23.4 Å². The van der Waals surface area contributed by atoms with E-state index in [4.69, 9.17) is 11.6 Å². The number of hydrogen-bond acceptors (Lipinski definition) is 3. The van der Waals surface area contributed by atoms with Crippen LogP contribution in [0.2, 0.25) is 5.02 Å². The van der Waals surface area contributed by atoms with Gasteiger partial charge in [-0.2, -0.15) is 5.10 Å². The standard InChI is InChI=1S/C19H19ClN2OS/c1-13(15-6-7-15)21-22-19(23)16-4-2-14(3-5-16)12-24-18-10-8-17(20)9-11-18/h2-5,8-11,15H,6-7,12H2,1H3,(H,22,23)/b21-13-. The first-order chi connectivity index (χ1) is 11.6. The van der Waals surface area contributed by atoms with E-state index >= 15 is 0 Å². The molecule has 2 aromatic rings. The minimum Gasteiger partial charge on any atom is -0.267 e. The molecule has 0 saturated heterocycles. The Kier molecular flexibility index (Phi) is 5.59. The van der Waals surface area contributed by atoms with Gasteiger partial charge in [-0.1, -0.05) is 23.7 Å². The summed E-state index contributed by atoms with van der Waals surface area (Å²) >= 11 is 7.63. The number of halogens is 1. The Morgan fingerprint density at radius 3 is 2.46 bits per heavy atom. The maximum atomic E-state index is 12.1. The summed E-state index contributed by atoms with van der Waals surface area (Å²) in [6.07, 6.45) is 2.37. The molecule has 1 aliphatic rings. The van der Waals surface area contributed by atoms with E-state index in [9.17, 15) is 4.79 Å². The fraction of sp³-hybridized carbons (Fsp3) is 0.263. The Morgan fingerprint density at radius 1 is 1.17 bits per heavy atom. The average molecular weight is 359 g/mol. The number of rotatable bonds is 6. The van der Waals surface area contributed by atoms with Gasteiger partial charge in [-0.25, -0.2) is 5.43 Å². The van der Waals surface area contributed by atoms with Crippen LogP contribution in [-0.4, -0.2) is 11.6 Å². The van der Waals surface area contributed by atoms with Crippen molar-refractivity contribution in [3.8, 4) is 0 Å². The van der Waals surface area contributed by atoms with Crippen LogP contribution in [0.4, 0.5) is 0 Å². The Hall–Kier alpha value is -1.78. The van der Waals surface area contributed by atoms with Crippen molar-refractivity contribution >= 4 is 35.0 Å². The molecule has 1 aliphatic carbocycles. The molecule has 0 atom stereocenters. The van der Waals surface area contributed by atoms with Crippen LogP contribution < -0.4 is 5.43 Å². The molecule has 5 heteroatoms. The molecule has 1 fully saturated rings. The van der Waals surface area contributed by atoms with E-state index in [1.807, 2.05) is 55.5 Å². The number of amides is 1. The van der Waals surface area contributed by atoms with Crippen LogP contribution in [0.1, 0.15) is 35.7 Å². The lowest BCUT2D eigenvalue weighted by atomic mass is 10.1. The van der Waals surface area contributed by atoms with Crippen molar-refractivity contribution < 1.29 is 4.79 Å². The predicted molar refractivity (Wildman–Crippen MR) is 101 cm³/mol. The maximum Gasteiger partial charge on any atom is 0.271 e. The molecular formula is C19H19ClN2OS. The zero-order valence-electron chi connectivity index (χ0n) is 13.5. The second kappa shape index (κ2) is 7.86. The van der Waals surface area contributed by atoms with Crippen molar-refractivity contribution in [2.75, 3.05) is 0 Å². The lowest BCUT2D eigenvalue weighted by Crippen LogP contribution is -2.19. The minimum absolute atomic E-state index is 0.160. The molecule has 0 radical (unpaired) electrons. The quantitative estimate of drug-likeness (QED) is 0.441. The molecule has 0 aliphatic heterocycles. The van der Waals surface area contributed by atoms with Crippen molar-refractivity contribution in [3.05, 3.63) is 64.7 Å². The van der Waals surface area contributed by atoms with Gasteiger partial charge in [0, 0.05) is 26.9 Å². The average Bonchev–Trinajstić information content (AvgIpc) is 3.44. The van der Waals surface area contributed by atoms with E-state index < -0.39 is 0 Å². The summed E-state index contributed by atoms with van der Waals surface area (Å²) in [6.45, 7) is 1.97. The third-order valence-electron chi connectivity index (χ3n) is 3.94. The fourth-order valence-corrected chi connectivity index (χ4v) is 3.23. The molecule has 3 rings (SSSR count). The van der Waals surface area contributed by atoms with E-state index in [1.54, 1.807) is 11.8 Å². The molecular weight excluding hydrogens is 340 g/mol. The number of nitrogens with one attached hydrogen (secondary N) is 1. The van der Waals surface area contributed by atoms with Crippen LogP contribution in [0.5, 0.6) is 0 Å². The van der Waals surface area contributed by atoms with Crippen molar-refractivity contribution in [2.45, 2.75) is 30.4 Å². The van der Waals surface area contributed by atoms with Gasteiger partial charge in [0.1, 0.15) is 0 Å². The summed E-state index contributed by atoms with van der Waals surface area (Å²) in [6, 6.07) is 15.4. The summed E-state index contributed by atoms with van der Waals surface area (Å²) in [4.78, 5) is 13.3. The number of nitrogens with zero attached hydrogens (tertiary/aromatic N) is 1. The minimum atomic E-state index is -0.160. The van der Waals surface area contributed by atoms with Crippen molar-refractivity contribution in [2.24, 2.45) is 11.0 Å². The van der Waals surface area contributed by atoms with Crippen LogP contribution in [0.25, 0.3) is 0 Å². The zero-order valence-corrected chi connectivity index (χ0v) is 15.0. The highest BCUT2D eigenvalue weighted by molar-refractivity contribution is 7.98. The van der Waals surface area contributed by atoms with E-state index in [0.717, 1.165) is 16.5 Å². The molecule has 24 heavy (non-hydrogen) atoms. The number of thioether (sulfide) groups is 1. The second-order valence-electron chi connectivity index (χ2n) is 5.91. The maximum absolute atomic E-state index is 12.1. The van der Waals surface area contributed by atoms with Crippen LogP contribution in [0, 0.1) is 5.92 Å². The fourth-order valence-electron chi connectivity index (χ4n) is 2.25. The molecule has 0 spiro atoms. The number of carbonyl (C=O) groups is 1.